The summed E-state index contributed by atoms with van der Waals surface area (Å²) in [4.78, 5) is 18.8. The number of fused-ring (bicyclic) bond motifs is 1. The van der Waals surface area contributed by atoms with Crippen molar-refractivity contribution in [3.8, 4) is 0 Å². The number of para-hydroxylation sites is 2. The van der Waals surface area contributed by atoms with Gasteiger partial charge in [0, 0.05) is 18.4 Å². The summed E-state index contributed by atoms with van der Waals surface area (Å²) in [6.07, 6.45) is -4.04. The Labute approximate surface area is 202 Å². The van der Waals surface area contributed by atoms with E-state index in [2.05, 4.69) is 4.99 Å². The number of alkyl halides is 3. The first-order valence-corrected chi connectivity index (χ1v) is 11.2. The van der Waals surface area contributed by atoms with Crippen LogP contribution < -0.4 is 4.90 Å². The van der Waals surface area contributed by atoms with Crippen molar-refractivity contribution in [3.05, 3.63) is 90.0 Å². The first-order valence-electron chi connectivity index (χ1n) is 11.2. The van der Waals surface area contributed by atoms with Crippen LogP contribution in [0.25, 0.3) is 0 Å². The first kappa shape index (κ1) is 26.1. The molecule has 35 heavy (non-hydrogen) atoms. The molecule has 0 aliphatic carbocycles. The Morgan fingerprint density at radius 1 is 1.00 bits per heavy atom. The highest BCUT2D eigenvalue weighted by atomic mass is 19.4. The number of aliphatic imine (C=N–C) groups is 1. The van der Waals surface area contributed by atoms with Crippen LogP contribution >= 0.6 is 0 Å². The van der Waals surface area contributed by atoms with Crippen LogP contribution in [0.2, 0.25) is 0 Å². The predicted octanol–water partition coefficient (Wildman–Crippen LogP) is 6.56. The molecule has 3 aromatic rings. The summed E-state index contributed by atoms with van der Waals surface area (Å²) < 4.78 is 48.4. The third-order valence-corrected chi connectivity index (χ3v) is 4.99. The smallest absolute Gasteiger partial charge is 0.382 e. The maximum absolute atomic E-state index is 13.0. The number of hydrogen-bond acceptors (Lipinski definition) is 4. The Morgan fingerprint density at radius 3 is 2.26 bits per heavy atom. The molecular weight excluding hydrogens is 457 g/mol. The maximum Gasteiger partial charge on any atom is 0.416 e. The summed E-state index contributed by atoms with van der Waals surface area (Å²) in [5, 5.41) is 0. The number of amides is 1. The van der Waals surface area contributed by atoms with Crippen molar-refractivity contribution >= 4 is 28.7 Å². The van der Waals surface area contributed by atoms with Crippen molar-refractivity contribution in [3.63, 3.8) is 0 Å². The van der Waals surface area contributed by atoms with E-state index in [0.29, 0.717) is 23.0 Å². The molecule has 0 spiro atoms. The third-order valence-electron chi connectivity index (χ3n) is 4.99. The van der Waals surface area contributed by atoms with Crippen molar-refractivity contribution in [1.29, 1.82) is 0 Å². The van der Waals surface area contributed by atoms with E-state index in [9.17, 15) is 18.0 Å². The number of carbonyl (C=O) groups is 1. The van der Waals surface area contributed by atoms with Gasteiger partial charge in [0.1, 0.15) is 11.8 Å². The van der Waals surface area contributed by atoms with Gasteiger partial charge in [0.05, 0.1) is 30.2 Å². The molecule has 0 saturated carbocycles. The predicted molar refractivity (Wildman–Crippen MR) is 131 cm³/mol. The van der Waals surface area contributed by atoms with E-state index in [1.165, 1.54) is 17.0 Å². The number of carbonyl (C=O) groups excluding carboxylic acids is 1. The van der Waals surface area contributed by atoms with Crippen molar-refractivity contribution in [1.82, 2.24) is 0 Å². The van der Waals surface area contributed by atoms with Crippen LogP contribution in [0.15, 0.2) is 83.9 Å². The highest BCUT2D eigenvalue weighted by molar-refractivity contribution is 6.56. The van der Waals surface area contributed by atoms with Crippen LogP contribution in [0.5, 0.6) is 0 Å². The van der Waals surface area contributed by atoms with Gasteiger partial charge in [0.15, 0.2) is 0 Å². The van der Waals surface area contributed by atoms with Crippen LogP contribution in [0, 0.1) is 0 Å². The molecule has 2 aliphatic heterocycles. The van der Waals surface area contributed by atoms with Gasteiger partial charge in [-0.1, -0.05) is 56.3 Å². The van der Waals surface area contributed by atoms with Gasteiger partial charge in [-0.3, -0.25) is 9.69 Å². The number of benzene rings is 3. The second-order valence-electron chi connectivity index (χ2n) is 7.41. The molecule has 5 nitrogen and oxygen atoms in total. The Balaban J connectivity index is 0.000000369. The average molecular weight is 485 g/mol. The molecule has 3 aromatic carbocycles. The Morgan fingerprint density at radius 2 is 1.66 bits per heavy atom. The molecule has 0 N–H and O–H groups in total. The van der Waals surface area contributed by atoms with Gasteiger partial charge in [-0.2, -0.15) is 13.2 Å². The van der Waals surface area contributed by atoms with E-state index < -0.39 is 11.7 Å². The lowest BCUT2D eigenvalue weighted by Crippen LogP contribution is -2.25. The Hall–Kier alpha value is -3.49. The fourth-order valence-corrected chi connectivity index (χ4v) is 3.37. The summed E-state index contributed by atoms with van der Waals surface area (Å²) in [5.41, 5.74) is 1.31. The van der Waals surface area contributed by atoms with Crippen molar-refractivity contribution < 1.29 is 27.4 Å². The summed E-state index contributed by atoms with van der Waals surface area (Å²) in [7, 11) is 1.68. The lowest BCUT2D eigenvalue weighted by atomic mass is 10.1. The second kappa shape index (κ2) is 11.8. The lowest BCUT2D eigenvalue weighted by molar-refractivity contribution is -0.137. The number of anilines is 2. The number of epoxide rings is 1. The molecule has 8 heteroatoms. The average Bonchev–Trinajstić information content (AvgIpc) is 3.65. The number of halogens is 3. The van der Waals surface area contributed by atoms with Gasteiger partial charge >= 0.3 is 6.18 Å². The molecule has 184 valence electrons. The molecule has 1 fully saturated rings. The molecule has 1 unspecified atom stereocenters. The number of rotatable bonds is 4. The number of nitrogens with zero attached hydrogens (tertiary/aromatic N) is 2. The normalized spacial score (nSPS) is 17.2. The molecule has 0 aromatic heterocycles. The first-order chi connectivity index (χ1) is 16.9. The number of ether oxygens (including phenoxy) is 2. The van der Waals surface area contributed by atoms with E-state index in [0.717, 1.165) is 25.3 Å². The minimum Gasteiger partial charge on any atom is -0.382 e. The van der Waals surface area contributed by atoms with E-state index in [-0.39, 0.29) is 17.3 Å². The van der Waals surface area contributed by atoms with Gasteiger partial charge < -0.3 is 9.47 Å². The molecular formula is C27H27F3N2O3. The van der Waals surface area contributed by atoms with Gasteiger partial charge in [-0.25, -0.2) is 4.99 Å². The zero-order chi connectivity index (χ0) is 25.4. The molecule has 2 aliphatic rings. The molecule has 1 amide bonds. The van der Waals surface area contributed by atoms with Crippen molar-refractivity contribution in [2.45, 2.75) is 26.1 Å². The number of methoxy groups -OCH3 is 1. The highest BCUT2D eigenvalue weighted by Gasteiger charge is 2.35. The Bertz CT molecular complexity index is 1160. The zero-order valence-electron chi connectivity index (χ0n) is 19.8. The monoisotopic (exact) mass is 484 g/mol. The van der Waals surface area contributed by atoms with Gasteiger partial charge in [-0.15, -0.1) is 0 Å². The minimum absolute atomic E-state index is 0.0814. The lowest BCUT2D eigenvalue weighted by Gasteiger charge is -2.16. The molecule has 0 bridgehead atoms. The molecule has 1 atom stereocenters. The second-order valence-corrected chi connectivity index (χ2v) is 7.41. The summed E-state index contributed by atoms with van der Waals surface area (Å²) in [6, 6.07) is 20.8. The van der Waals surface area contributed by atoms with E-state index in [1.54, 1.807) is 43.5 Å². The maximum atomic E-state index is 13.0. The van der Waals surface area contributed by atoms with Gasteiger partial charge in [-0.05, 0) is 36.4 Å². The summed E-state index contributed by atoms with van der Waals surface area (Å²) in [6.45, 7) is 5.66. The van der Waals surface area contributed by atoms with Gasteiger partial charge in [0.2, 0.25) is 0 Å². The molecule has 5 rings (SSSR count). The number of hydrogen-bond donors (Lipinski definition) is 0. The molecule has 0 radical (unpaired) electrons. The van der Waals surface area contributed by atoms with Crippen LogP contribution in [-0.2, 0) is 20.4 Å². The largest absolute Gasteiger partial charge is 0.416 e. The third kappa shape index (κ3) is 6.55. The summed E-state index contributed by atoms with van der Waals surface area (Å²) in [5.74, 6) is -0.375. The van der Waals surface area contributed by atoms with E-state index >= 15 is 0 Å². The fourth-order valence-electron chi connectivity index (χ4n) is 3.37. The standard InChI is InChI=1S/C21H13F3N2O.C4H8O2.C2H6/c22-21(23,24)14-7-6-8-15(13-14)25-19-17-11-4-5-12-18(17)26(20(19)27)16-9-2-1-3-10-16;1-5-2-4-3-6-4;1-2/h1-13H;4H,2-3H2,1H3;1-2H3. The minimum atomic E-state index is -4.47. The quantitative estimate of drug-likeness (QED) is 0.394. The van der Waals surface area contributed by atoms with Gasteiger partial charge in [0.25, 0.3) is 5.91 Å². The van der Waals surface area contributed by atoms with Crippen LogP contribution in [0.4, 0.5) is 30.2 Å². The van der Waals surface area contributed by atoms with E-state index in [1.807, 2.05) is 32.0 Å². The topological polar surface area (TPSA) is 54.4 Å². The Kier molecular flexibility index (Phi) is 8.78. The van der Waals surface area contributed by atoms with Crippen molar-refractivity contribution in [2.75, 3.05) is 25.2 Å². The SMILES string of the molecule is CC.COCC1CO1.O=C1C(=Nc2cccc(C(F)(F)F)c2)c2ccccc2N1c1ccccc1. The van der Waals surface area contributed by atoms with Crippen molar-refractivity contribution in [2.24, 2.45) is 4.99 Å². The summed E-state index contributed by atoms with van der Waals surface area (Å²) >= 11 is 0. The van der Waals surface area contributed by atoms with Crippen LogP contribution in [0.1, 0.15) is 25.0 Å². The zero-order valence-corrected chi connectivity index (χ0v) is 19.8. The van der Waals surface area contributed by atoms with Crippen LogP contribution in [0.3, 0.4) is 0 Å². The fraction of sp³-hybridized carbons (Fsp3) is 0.259. The van der Waals surface area contributed by atoms with E-state index in [4.69, 9.17) is 9.47 Å². The molecule has 2 heterocycles. The van der Waals surface area contributed by atoms with Crippen LogP contribution in [-0.4, -0.2) is 38.0 Å². The molecule has 1 saturated heterocycles. The highest BCUT2D eigenvalue weighted by Crippen LogP contribution is 2.37.